The van der Waals surface area contributed by atoms with Gasteiger partial charge >= 0.3 is 6.09 Å². The lowest BCUT2D eigenvalue weighted by Gasteiger charge is -2.37. The number of nitrogens with one attached hydrogen (secondary N) is 1. The molecule has 2 fully saturated rings. The van der Waals surface area contributed by atoms with Crippen molar-refractivity contribution < 1.29 is 22.7 Å². The van der Waals surface area contributed by atoms with E-state index in [-0.39, 0.29) is 22.9 Å². The number of hydrogen-bond donors (Lipinski definition) is 1. The van der Waals surface area contributed by atoms with Gasteiger partial charge in [-0.05, 0) is 58.6 Å². The Bertz CT molecular complexity index is 1020. The third kappa shape index (κ3) is 4.80. The van der Waals surface area contributed by atoms with E-state index in [4.69, 9.17) is 16.3 Å². The summed E-state index contributed by atoms with van der Waals surface area (Å²) >= 11 is 6.10. The van der Waals surface area contributed by atoms with Crippen molar-refractivity contribution in [3.63, 3.8) is 0 Å². The van der Waals surface area contributed by atoms with Gasteiger partial charge in [0.15, 0.2) is 9.84 Å². The van der Waals surface area contributed by atoms with E-state index in [1.54, 1.807) is 32.9 Å². The second kappa shape index (κ2) is 8.32. The minimum absolute atomic E-state index is 0.0423. The van der Waals surface area contributed by atoms with Crippen molar-refractivity contribution in [2.75, 3.05) is 6.54 Å². The fourth-order valence-corrected chi connectivity index (χ4v) is 5.98. The molecule has 1 heterocycles. The van der Waals surface area contributed by atoms with Gasteiger partial charge in [-0.15, -0.1) is 0 Å². The Labute approximate surface area is 187 Å². The Hall–Kier alpha value is -2.31. The third-order valence-electron chi connectivity index (χ3n) is 5.56. The molecule has 0 unspecified atom stereocenters. The average Bonchev–Trinajstić information content (AvgIpc) is 3.10. The van der Waals surface area contributed by atoms with Gasteiger partial charge in [0.25, 0.3) is 0 Å². The number of likely N-dealkylation sites (tertiary alicyclic amines) is 1. The molecule has 2 atom stereocenters. The molecule has 10 heteroatoms. The Balaban J connectivity index is 1.90. The summed E-state index contributed by atoms with van der Waals surface area (Å²) in [5.74, 6) is -0.552. The fourth-order valence-electron chi connectivity index (χ4n) is 3.76. The standard InChI is InChI=1S/C21H26ClN3O5S/c1-20(2,3)30-19(27)25-12-14(31(28,29)17-8-5-4-7-15(17)22)11-16(25)18(26)24-21(13-23)9-6-10-21/h4-5,7-8,14,16H,6,9-12H2,1-3H3,(H,24,26)/t14-,16+/m1/s1. The summed E-state index contributed by atoms with van der Waals surface area (Å²) < 4.78 is 31.9. The van der Waals surface area contributed by atoms with Crippen LogP contribution in [-0.2, 0) is 19.4 Å². The average molecular weight is 468 g/mol. The lowest BCUT2D eigenvalue weighted by Crippen LogP contribution is -2.57. The van der Waals surface area contributed by atoms with Gasteiger partial charge in [-0.1, -0.05) is 23.7 Å². The highest BCUT2D eigenvalue weighted by Gasteiger charge is 2.49. The maximum Gasteiger partial charge on any atom is 0.411 e. The Morgan fingerprint density at radius 3 is 2.45 bits per heavy atom. The molecule has 168 valence electrons. The summed E-state index contributed by atoms with van der Waals surface area (Å²) in [6.45, 7) is 4.85. The van der Waals surface area contributed by atoms with Crippen LogP contribution in [0.5, 0.6) is 0 Å². The van der Waals surface area contributed by atoms with Crippen LogP contribution in [0.3, 0.4) is 0 Å². The number of hydrogen-bond acceptors (Lipinski definition) is 6. The molecule has 1 aromatic carbocycles. The number of carbonyl (C=O) groups excluding carboxylic acids is 2. The first-order chi connectivity index (χ1) is 14.4. The molecule has 3 rings (SSSR count). The van der Waals surface area contributed by atoms with Crippen molar-refractivity contribution in [2.45, 2.75) is 73.8 Å². The lowest BCUT2D eigenvalue weighted by atomic mass is 9.78. The molecule has 1 saturated carbocycles. The molecular formula is C21H26ClN3O5S. The van der Waals surface area contributed by atoms with Gasteiger partial charge in [-0.2, -0.15) is 5.26 Å². The van der Waals surface area contributed by atoms with E-state index in [1.165, 1.54) is 12.1 Å². The molecule has 0 aromatic heterocycles. The number of amides is 2. The summed E-state index contributed by atoms with van der Waals surface area (Å²) in [7, 11) is -3.91. The second-order valence-corrected chi connectivity index (χ2v) is 11.6. The molecule has 0 bridgehead atoms. The van der Waals surface area contributed by atoms with E-state index in [9.17, 15) is 23.3 Å². The summed E-state index contributed by atoms with van der Waals surface area (Å²) in [6.07, 6.45) is 0.979. The second-order valence-electron chi connectivity index (χ2n) is 9.02. The summed E-state index contributed by atoms with van der Waals surface area (Å²) in [6, 6.07) is 7.13. The normalized spacial score (nSPS) is 22.9. The topological polar surface area (TPSA) is 117 Å². The number of halogens is 1. The van der Waals surface area contributed by atoms with Gasteiger partial charge in [0, 0.05) is 6.54 Å². The van der Waals surface area contributed by atoms with Crippen LogP contribution in [-0.4, -0.2) is 54.3 Å². The number of ether oxygens (including phenoxy) is 1. The number of carbonyl (C=O) groups is 2. The smallest absolute Gasteiger partial charge is 0.411 e. The quantitative estimate of drug-likeness (QED) is 0.727. The number of rotatable bonds is 4. The Morgan fingerprint density at radius 1 is 1.29 bits per heavy atom. The van der Waals surface area contributed by atoms with Crippen LogP contribution in [0.15, 0.2) is 29.2 Å². The maximum atomic E-state index is 13.2. The molecule has 2 amide bonds. The highest BCUT2D eigenvalue weighted by molar-refractivity contribution is 7.92. The molecule has 8 nitrogen and oxygen atoms in total. The molecule has 0 radical (unpaired) electrons. The zero-order chi connectivity index (χ0) is 23.0. The van der Waals surface area contributed by atoms with Gasteiger partial charge in [-0.25, -0.2) is 13.2 Å². The van der Waals surface area contributed by atoms with E-state index in [0.29, 0.717) is 12.8 Å². The summed E-state index contributed by atoms with van der Waals surface area (Å²) in [5.41, 5.74) is -1.78. The van der Waals surface area contributed by atoms with Crippen molar-refractivity contribution in [1.29, 1.82) is 5.26 Å². The van der Waals surface area contributed by atoms with Crippen LogP contribution in [0.25, 0.3) is 0 Å². The van der Waals surface area contributed by atoms with Gasteiger partial charge in [0.1, 0.15) is 17.2 Å². The number of sulfone groups is 1. The molecule has 1 aliphatic heterocycles. The predicted octanol–water partition coefficient (Wildman–Crippen LogP) is 3.05. The number of nitriles is 1. The van der Waals surface area contributed by atoms with Crippen molar-refractivity contribution in [3.05, 3.63) is 29.3 Å². The van der Waals surface area contributed by atoms with E-state index in [0.717, 1.165) is 11.3 Å². The first kappa shape index (κ1) is 23.4. The zero-order valence-electron chi connectivity index (χ0n) is 17.7. The van der Waals surface area contributed by atoms with Crippen LogP contribution >= 0.6 is 11.6 Å². The SMILES string of the molecule is CC(C)(C)OC(=O)N1C[C@H](S(=O)(=O)c2ccccc2Cl)C[C@H]1C(=O)NC1(C#N)CCC1. The molecule has 1 aromatic rings. The molecule has 1 saturated heterocycles. The van der Waals surface area contributed by atoms with E-state index >= 15 is 0 Å². The molecule has 0 spiro atoms. The van der Waals surface area contributed by atoms with Crippen LogP contribution in [0, 0.1) is 11.3 Å². The third-order valence-corrected chi connectivity index (χ3v) is 8.19. The van der Waals surface area contributed by atoms with Gasteiger partial charge in [-0.3, -0.25) is 9.69 Å². The van der Waals surface area contributed by atoms with Crippen molar-refractivity contribution in [1.82, 2.24) is 10.2 Å². The monoisotopic (exact) mass is 467 g/mol. The molecule has 1 N–H and O–H groups in total. The Kier molecular flexibility index (Phi) is 6.27. The summed E-state index contributed by atoms with van der Waals surface area (Å²) in [4.78, 5) is 26.9. The minimum atomic E-state index is -3.91. The number of benzene rings is 1. The highest BCUT2D eigenvalue weighted by atomic mass is 35.5. The van der Waals surface area contributed by atoms with Crippen LogP contribution in [0.4, 0.5) is 4.79 Å². The van der Waals surface area contributed by atoms with Crippen LogP contribution < -0.4 is 5.32 Å². The van der Waals surface area contributed by atoms with Crippen LogP contribution in [0.1, 0.15) is 46.5 Å². The van der Waals surface area contributed by atoms with Crippen molar-refractivity contribution >= 4 is 33.4 Å². The fraction of sp³-hybridized carbons (Fsp3) is 0.571. The molecule has 1 aliphatic carbocycles. The predicted molar refractivity (Wildman–Crippen MR) is 114 cm³/mol. The Morgan fingerprint density at radius 2 is 1.94 bits per heavy atom. The van der Waals surface area contributed by atoms with Gasteiger partial charge < -0.3 is 10.1 Å². The van der Waals surface area contributed by atoms with E-state index in [2.05, 4.69) is 11.4 Å². The lowest BCUT2D eigenvalue weighted by molar-refractivity contribution is -0.127. The maximum absolute atomic E-state index is 13.2. The first-order valence-electron chi connectivity index (χ1n) is 10.1. The molecular weight excluding hydrogens is 442 g/mol. The summed E-state index contributed by atoms with van der Waals surface area (Å²) in [5, 5.41) is 11.2. The van der Waals surface area contributed by atoms with Gasteiger partial charge in [0.05, 0.1) is 21.2 Å². The van der Waals surface area contributed by atoms with Crippen molar-refractivity contribution in [2.24, 2.45) is 0 Å². The molecule has 31 heavy (non-hydrogen) atoms. The first-order valence-corrected chi connectivity index (χ1v) is 12.0. The highest BCUT2D eigenvalue weighted by Crippen LogP contribution is 2.35. The number of nitrogens with zero attached hydrogens (tertiary/aromatic N) is 2. The van der Waals surface area contributed by atoms with Crippen LogP contribution in [0.2, 0.25) is 5.02 Å². The van der Waals surface area contributed by atoms with Gasteiger partial charge in [0.2, 0.25) is 5.91 Å². The molecule has 2 aliphatic rings. The largest absolute Gasteiger partial charge is 0.444 e. The van der Waals surface area contributed by atoms with Crippen molar-refractivity contribution in [3.8, 4) is 6.07 Å². The minimum Gasteiger partial charge on any atom is -0.444 e. The van der Waals surface area contributed by atoms with E-state index < -0.39 is 44.3 Å². The zero-order valence-corrected chi connectivity index (χ0v) is 19.3. The van der Waals surface area contributed by atoms with E-state index in [1.807, 2.05) is 0 Å².